The molecule has 0 aliphatic heterocycles. The van der Waals surface area contributed by atoms with Crippen molar-refractivity contribution in [3.05, 3.63) is 188 Å². The van der Waals surface area contributed by atoms with Gasteiger partial charge in [-0.2, -0.15) is 0 Å². The molecule has 0 atom stereocenters. The van der Waals surface area contributed by atoms with Crippen LogP contribution in [-0.4, -0.2) is 15.0 Å². The minimum Gasteiger partial charge on any atom is -0.455 e. The fourth-order valence-electron chi connectivity index (χ4n) is 7.34. The molecule has 10 aromatic rings. The smallest absolute Gasteiger partial charge is 0.164 e. The third-order valence-corrected chi connectivity index (χ3v) is 9.96. The highest BCUT2D eigenvalue weighted by molar-refractivity contribution is 6.22. The SMILES string of the molecule is c1ccc(-c2ccc(-c3nc(-c4ccccc4)nc(-c4ccc(-c5cc6c(oc7cccc(-c8ccccc8)c76)c6ccccc56)cc4)n3)cc2)cc1. The van der Waals surface area contributed by atoms with Gasteiger partial charge in [-0.25, -0.2) is 15.0 Å². The van der Waals surface area contributed by atoms with Crippen molar-refractivity contribution in [2.24, 2.45) is 0 Å². The summed E-state index contributed by atoms with van der Waals surface area (Å²) in [4.78, 5) is 15.0. The molecule has 0 bridgehead atoms. The Morgan fingerprint density at radius 2 is 0.736 bits per heavy atom. The Hall–Kier alpha value is -7.17. The van der Waals surface area contributed by atoms with Crippen molar-refractivity contribution in [1.29, 1.82) is 0 Å². The highest BCUT2D eigenvalue weighted by Gasteiger charge is 2.18. The number of rotatable bonds is 6. The maximum atomic E-state index is 6.60. The summed E-state index contributed by atoms with van der Waals surface area (Å²) in [6.07, 6.45) is 0. The first kappa shape index (κ1) is 30.6. The standard InChI is InChI=1S/C49H31N3O/c1-4-13-32(14-5-1)33-23-27-37(28-24-33)48-50-47(36-17-8-3-9-18-36)51-49(52-48)38-29-25-35(26-30-38)42-31-43-45-39(34-15-6-2-7-16-34)21-12-22-44(45)53-46(43)41-20-11-10-19-40(41)42/h1-31H. The van der Waals surface area contributed by atoms with E-state index in [0.717, 1.165) is 71.7 Å². The van der Waals surface area contributed by atoms with Crippen LogP contribution in [0.3, 0.4) is 0 Å². The van der Waals surface area contributed by atoms with Crippen LogP contribution in [0.5, 0.6) is 0 Å². The van der Waals surface area contributed by atoms with Crippen LogP contribution in [-0.2, 0) is 0 Å². The second-order valence-electron chi connectivity index (χ2n) is 13.2. The molecule has 0 spiro atoms. The average molecular weight is 678 g/mol. The minimum atomic E-state index is 0.626. The highest BCUT2D eigenvalue weighted by Crippen LogP contribution is 2.43. The van der Waals surface area contributed by atoms with E-state index < -0.39 is 0 Å². The number of aromatic nitrogens is 3. The second kappa shape index (κ2) is 12.9. The molecule has 0 aliphatic rings. The summed E-state index contributed by atoms with van der Waals surface area (Å²) in [5, 5.41) is 4.46. The first-order chi connectivity index (χ1) is 26.3. The normalized spacial score (nSPS) is 11.4. The molecule has 2 heterocycles. The summed E-state index contributed by atoms with van der Waals surface area (Å²) >= 11 is 0. The van der Waals surface area contributed by atoms with Crippen molar-refractivity contribution in [2.45, 2.75) is 0 Å². The number of hydrogen-bond acceptors (Lipinski definition) is 4. The minimum absolute atomic E-state index is 0.626. The first-order valence-electron chi connectivity index (χ1n) is 17.8. The number of benzene rings is 8. The van der Waals surface area contributed by atoms with Crippen LogP contribution >= 0.6 is 0 Å². The molecule has 0 N–H and O–H groups in total. The van der Waals surface area contributed by atoms with E-state index in [1.54, 1.807) is 0 Å². The zero-order chi connectivity index (χ0) is 35.1. The first-order valence-corrected chi connectivity index (χ1v) is 17.8. The quantitative estimate of drug-likeness (QED) is 0.176. The van der Waals surface area contributed by atoms with Gasteiger partial charge in [0.25, 0.3) is 0 Å². The molecule has 2 aromatic heterocycles. The van der Waals surface area contributed by atoms with Crippen molar-refractivity contribution in [3.63, 3.8) is 0 Å². The maximum absolute atomic E-state index is 6.60. The van der Waals surface area contributed by atoms with E-state index in [4.69, 9.17) is 19.4 Å². The molecule has 0 saturated carbocycles. The van der Waals surface area contributed by atoms with Crippen LogP contribution in [0.2, 0.25) is 0 Å². The Morgan fingerprint density at radius 3 is 1.34 bits per heavy atom. The van der Waals surface area contributed by atoms with Crippen molar-refractivity contribution >= 4 is 32.7 Å². The number of nitrogens with zero attached hydrogens (tertiary/aromatic N) is 3. The van der Waals surface area contributed by atoms with E-state index in [9.17, 15) is 0 Å². The van der Waals surface area contributed by atoms with E-state index in [-0.39, 0.29) is 0 Å². The van der Waals surface area contributed by atoms with Crippen LogP contribution in [0, 0.1) is 0 Å². The molecule has 4 heteroatoms. The van der Waals surface area contributed by atoms with Crippen molar-refractivity contribution in [1.82, 2.24) is 15.0 Å². The molecule has 0 amide bonds. The molecule has 8 aromatic carbocycles. The van der Waals surface area contributed by atoms with E-state index in [2.05, 4.69) is 152 Å². The summed E-state index contributed by atoms with van der Waals surface area (Å²) in [5.74, 6) is 1.90. The van der Waals surface area contributed by atoms with Gasteiger partial charge in [-0.15, -0.1) is 0 Å². The average Bonchev–Trinajstić information content (AvgIpc) is 3.63. The van der Waals surface area contributed by atoms with Gasteiger partial charge in [-0.3, -0.25) is 0 Å². The van der Waals surface area contributed by atoms with E-state index in [1.807, 2.05) is 36.4 Å². The summed E-state index contributed by atoms with van der Waals surface area (Å²) in [6, 6.07) is 65.1. The Balaban J connectivity index is 1.09. The van der Waals surface area contributed by atoms with Crippen molar-refractivity contribution < 1.29 is 4.42 Å². The van der Waals surface area contributed by atoms with E-state index in [0.29, 0.717) is 17.5 Å². The Bertz CT molecular complexity index is 2900. The number of fused-ring (bicyclic) bond motifs is 5. The van der Waals surface area contributed by atoms with Gasteiger partial charge in [0.2, 0.25) is 0 Å². The number of furan rings is 1. The molecule has 10 rings (SSSR count). The number of hydrogen-bond donors (Lipinski definition) is 0. The lowest BCUT2D eigenvalue weighted by Crippen LogP contribution is -2.00. The summed E-state index contributed by atoms with van der Waals surface area (Å²) in [6.45, 7) is 0. The van der Waals surface area contributed by atoms with E-state index >= 15 is 0 Å². The van der Waals surface area contributed by atoms with Gasteiger partial charge < -0.3 is 4.42 Å². The molecule has 0 saturated heterocycles. The summed E-state index contributed by atoms with van der Waals surface area (Å²) in [5.41, 5.74) is 11.5. The lowest BCUT2D eigenvalue weighted by atomic mass is 9.93. The predicted octanol–water partition coefficient (Wildman–Crippen LogP) is 12.9. The molecular formula is C49H31N3O. The van der Waals surface area contributed by atoms with Crippen LogP contribution < -0.4 is 0 Å². The Kier molecular flexibility index (Phi) is 7.43. The second-order valence-corrected chi connectivity index (χ2v) is 13.2. The molecule has 0 fully saturated rings. The zero-order valence-corrected chi connectivity index (χ0v) is 28.6. The summed E-state index contributed by atoms with van der Waals surface area (Å²) in [7, 11) is 0. The van der Waals surface area contributed by atoms with Crippen LogP contribution in [0.15, 0.2) is 192 Å². The van der Waals surface area contributed by atoms with Gasteiger partial charge >= 0.3 is 0 Å². The van der Waals surface area contributed by atoms with Crippen LogP contribution in [0.4, 0.5) is 0 Å². The van der Waals surface area contributed by atoms with Crippen LogP contribution in [0.25, 0.3) is 100 Å². The molecule has 0 radical (unpaired) electrons. The topological polar surface area (TPSA) is 51.8 Å². The third-order valence-electron chi connectivity index (χ3n) is 9.96. The molecule has 4 nitrogen and oxygen atoms in total. The third kappa shape index (κ3) is 5.54. The largest absolute Gasteiger partial charge is 0.455 e. The van der Waals surface area contributed by atoms with Gasteiger partial charge in [0, 0.05) is 32.8 Å². The van der Waals surface area contributed by atoms with Crippen molar-refractivity contribution in [2.75, 3.05) is 0 Å². The highest BCUT2D eigenvalue weighted by atomic mass is 16.3. The molecule has 0 aliphatic carbocycles. The van der Waals surface area contributed by atoms with Gasteiger partial charge in [0.1, 0.15) is 11.2 Å². The monoisotopic (exact) mass is 677 g/mol. The van der Waals surface area contributed by atoms with Gasteiger partial charge in [0.05, 0.1) is 0 Å². The summed E-state index contributed by atoms with van der Waals surface area (Å²) < 4.78 is 6.60. The fraction of sp³-hybridized carbons (Fsp3) is 0. The van der Waals surface area contributed by atoms with Crippen LogP contribution in [0.1, 0.15) is 0 Å². The van der Waals surface area contributed by atoms with Gasteiger partial charge in [-0.1, -0.05) is 176 Å². The predicted molar refractivity (Wildman–Crippen MR) is 217 cm³/mol. The van der Waals surface area contributed by atoms with Gasteiger partial charge in [-0.05, 0) is 50.9 Å². The van der Waals surface area contributed by atoms with Gasteiger partial charge in [0.15, 0.2) is 17.5 Å². The maximum Gasteiger partial charge on any atom is 0.164 e. The lowest BCUT2D eigenvalue weighted by Gasteiger charge is -2.11. The fourth-order valence-corrected chi connectivity index (χ4v) is 7.34. The molecule has 53 heavy (non-hydrogen) atoms. The van der Waals surface area contributed by atoms with E-state index in [1.165, 1.54) is 11.1 Å². The molecule has 0 unspecified atom stereocenters. The molecular weight excluding hydrogens is 647 g/mol. The Labute approximate surface area is 306 Å². The van der Waals surface area contributed by atoms with Crippen molar-refractivity contribution in [3.8, 4) is 67.5 Å². The molecule has 248 valence electrons. The lowest BCUT2D eigenvalue weighted by molar-refractivity contribution is 0.673. The Morgan fingerprint density at radius 1 is 0.302 bits per heavy atom. The zero-order valence-electron chi connectivity index (χ0n) is 28.6.